The van der Waals surface area contributed by atoms with E-state index in [0.29, 0.717) is 5.92 Å². The highest BCUT2D eigenvalue weighted by Gasteiger charge is 2.26. The van der Waals surface area contributed by atoms with Gasteiger partial charge in [-0.3, -0.25) is 4.79 Å². The molecule has 154 valence electrons. The average molecular weight is 399 g/mol. The van der Waals surface area contributed by atoms with E-state index in [1.165, 1.54) is 37.6 Å². The Balaban J connectivity index is 1.70. The minimum Gasteiger partial charge on any atom is -0.340 e. The molecule has 3 nitrogen and oxygen atoms in total. The molecule has 2 aromatic carbocycles. The van der Waals surface area contributed by atoms with E-state index in [9.17, 15) is 4.79 Å². The third-order valence-electron chi connectivity index (χ3n) is 7.07. The molecule has 1 fully saturated rings. The second-order valence-electron chi connectivity index (χ2n) is 9.31. The van der Waals surface area contributed by atoms with Gasteiger partial charge in [-0.2, -0.15) is 0 Å². The predicted octanol–water partition coefficient (Wildman–Crippen LogP) is 6.32. The van der Waals surface area contributed by atoms with Crippen molar-refractivity contribution in [3.63, 3.8) is 0 Å². The van der Waals surface area contributed by atoms with Gasteiger partial charge in [0, 0.05) is 23.6 Å². The van der Waals surface area contributed by atoms with Gasteiger partial charge < -0.3 is 9.13 Å². The molecule has 0 aliphatic heterocycles. The summed E-state index contributed by atoms with van der Waals surface area (Å²) in [5, 5.41) is 1.93. The van der Waals surface area contributed by atoms with Crippen LogP contribution in [0.2, 0.25) is 0 Å². The van der Waals surface area contributed by atoms with Crippen molar-refractivity contribution < 1.29 is 0 Å². The molecule has 0 radical (unpaired) electrons. The Hall–Kier alpha value is -2.81. The van der Waals surface area contributed by atoms with E-state index in [4.69, 9.17) is 0 Å². The highest BCUT2D eigenvalue weighted by molar-refractivity contribution is 6.07. The van der Waals surface area contributed by atoms with E-state index in [0.717, 1.165) is 28.4 Å². The summed E-state index contributed by atoms with van der Waals surface area (Å²) < 4.78 is 4.31. The number of hydrogen-bond acceptors (Lipinski definition) is 1. The van der Waals surface area contributed by atoms with Crippen LogP contribution in [0.4, 0.5) is 0 Å². The van der Waals surface area contributed by atoms with Crippen molar-refractivity contribution in [2.45, 2.75) is 58.0 Å². The number of fused-ring (bicyclic) bond motifs is 3. The van der Waals surface area contributed by atoms with Crippen molar-refractivity contribution in [2.75, 3.05) is 0 Å². The van der Waals surface area contributed by atoms with Gasteiger partial charge in [0.15, 0.2) is 0 Å². The van der Waals surface area contributed by atoms with Crippen LogP contribution >= 0.6 is 0 Å². The number of hydrogen-bond donors (Lipinski definition) is 0. The summed E-state index contributed by atoms with van der Waals surface area (Å²) >= 11 is 0. The van der Waals surface area contributed by atoms with Gasteiger partial charge in [-0.25, -0.2) is 0 Å². The van der Waals surface area contributed by atoms with Crippen molar-refractivity contribution in [1.82, 2.24) is 9.13 Å². The second-order valence-corrected chi connectivity index (χ2v) is 9.31. The van der Waals surface area contributed by atoms with Gasteiger partial charge in [-0.15, -0.1) is 0 Å². The van der Waals surface area contributed by atoms with Crippen molar-refractivity contribution in [1.29, 1.82) is 0 Å². The summed E-state index contributed by atoms with van der Waals surface area (Å²) in [4.78, 5) is 13.8. The third-order valence-corrected chi connectivity index (χ3v) is 7.07. The topological polar surface area (TPSA) is 26.9 Å². The van der Waals surface area contributed by atoms with Gasteiger partial charge in [0.2, 0.25) is 0 Å². The Morgan fingerprint density at radius 2 is 1.57 bits per heavy atom. The van der Waals surface area contributed by atoms with Crippen molar-refractivity contribution >= 4 is 21.8 Å². The first-order valence-electron chi connectivity index (χ1n) is 11.3. The number of rotatable bonds is 4. The van der Waals surface area contributed by atoms with Crippen LogP contribution in [0, 0.1) is 5.92 Å². The molecule has 1 aliphatic rings. The highest BCUT2D eigenvalue weighted by atomic mass is 16.1. The number of para-hydroxylation sites is 1. The molecule has 0 spiro atoms. The largest absolute Gasteiger partial charge is 0.340 e. The first kappa shape index (κ1) is 19.2. The third kappa shape index (κ3) is 3.08. The Kier molecular flexibility index (Phi) is 4.77. The summed E-state index contributed by atoms with van der Waals surface area (Å²) in [6, 6.07) is 20.9. The zero-order valence-corrected chi connectivity index (χ0v) is 18.0. The lowest BCUT2D eigenvalue weighted by molar-refractivity contribution is 0.325. The molecule has 2 aromatic heterocycles. The Labute approximate surface area is 178 Å². The fraction of sp³-hybridized carbons (Fsp3) is 0.370. The van der Waals surface area contributed by atoms with Gasteiger partial charge in [0.05, 0.1) is 16.4 Å². The molecule has 0 N–H and O–H groups in total. The quantitative estimate of drug-likeness (QED) is 0.395. The van der Waals surface area contributed by atoms with E-state index in [-0.39, 0.29) is 5.56 Å². The minimum absolute atomic E-state index is 0.0972. The summed E-state index contributed by atoms with van der Waals surface area (Å²) in [6.45, 7) is 5.25. The Morgan fingerprint density at radius 1 is 0.867 bits per heavy atom. The van der Waals surface area contributed by atoms with Crippen LogP contribution in [-0.4, -0.2) is 9.13 Å². The van der Waals surface area contributed by atoms with Gasteiger partial charge in [-0.05, 0) is 50.3 Å². The molecular weight excluding hydrogens is 368 g/mol. The molecule has 3 heteroatoms. The van der Waals surface area contributed by atoms with E-state index in [2.05, 4.69) is 54.8 Å². The minimum atomic E-state index is -0.418. The number of pyridine rings is 1. The highest BCUT2D eigenvalue weighted by Crippen LogP contribution is 2.32. The van der Waals surface area contributed by atoms with Crippen molar-refractivity contribution in [2.24, 2.45) is 5.92 Å². The summed E-state index contributed by atoms with van der Waals surface area (Å²) in [5.41, 5.74) is 3.08. The van der Waals surface area contributed by atoms with Crippen LogP contribution in [-0.2, 0) is 12.1 Å². The number of benzene rings is 2. The molecule has 1 aliphatic carbocycles. The SMILES string of the molecule is CC(C)(c1ccccc1)n1ccc2c(c1=O)c1ccccc1n2CC1CCCCC1. The Morgan fingerprint density at radius 3 is 2.33 bits per heavy atom. The van der Waals surface area contributed by atoms with Crippen molar-refractivity contribution in [3.8, 4) is 0 Å². The van der Waals surface area contributed by atoms with Crippen LogP contribution in [0.25, 0.3) is 21.8 Å². The molecule has 1 saturated carbocycles. The molecular formula is C27H30N2O. The van der Waals surface area contributed by atoms with E-state index >= 15 is 0 Å². The number of aromatic nitrogens is 2. The van der Waals surface area contributed by atoms with Crippen LogP contribution in [0.15, 0.2) is 71.7 Å². The zero-order valence-electron chi connectivity index (χ0n) is 18.0. The Bertz CT molecular complexity index is 1240. The van der Waals surface area contributed by atoms with Gasteiger partial charge >= 0.3 is 0 Å². The molecule has 5 rings (SSSR count). The molecule has 4 aromatic rings. The molecule has 0 atom stereocenters. The lowest BCUT2D eigenvalue weighted by Crippen LogP contribution is -2.36. The van der Waals surface area contributed by atoms with Crippen LogP contribution in [0.3, 0.4) is 0 Å². The summed E-state index contributed by atoms with van der Waals surface area (Å²) in [7, 11) is 0. The molecule has 0 amide bonds. The smallest absolute Gasteiger partial charge is 0.261 e. The maximum Gasteiger partial charge on any atom is 0.261 e. The fourth-order valence-electron chi connectivity index (χ4n) is 5.30. The van der Waals surface area contributed by atoms with Gasteiger partial charge in [-0.1, -0.05) is 67.8 Å². The monoisotopic (exact) mass is 398 g/mol. The van der Waals surface area contributed by atoms with Crippen LogP contribution in [0.5, 0.6) is 0 Å². The standard InChI is InChI=1S/C27H30N2O/c1-27(2,21-13-7-4-8-14-21)29-18-17-24-25(26(29)30)22-15-9-10-16-23(22)28(24)19-20-11-5-3-6-12-20/h4,7-10,13-18,20H,3,5-6,11-12,19H2,1-2H3. The van der Waals surface area contributed by atoms with Crippen LogP contribution < -0.4 is 5.56 Å². The summed E-state index contributed by atoms with van der Waals surface area (Å²) in [5.74, 6) is 0.709. The summed E-state index contributed by atoms with van der Waals surface area (Å²) in [6.07, 6.45) is 8.62. The lowest BCUT2D eigenvalue weighted by Gasteiger charge is -2.28. The first-order valence-corrected chi connectivity index (χ1v) is 11.3. The second kappa shape index (κ2) is 7.46. The molecule has 2 heterocycles. The van der Waals surface area contributed by atoms with E-state index in [1.807, 2.05) is 35.0 Å². The normalized spacial score (nSPS) is 15.8. The average Bonchev–Trinajstić information content (AvgIpc) is 3.10. The van der Waals surface area contributed by atoms with Gasteiger partial charge in [0.25, 0.3) is 5.56 Å². The van der Waals surface area contributed by atoms with E-state index in [1.54, 1.807) is 0 Å². The predicted molar refractivity (Wildman–Crippen MR) is 125 cm³/mol. The fourth-order valence-corrected chi connectivity index (χ4v) is 5.30. The molecule has 30 heavy (non-hydrogen) atoms. The first-order chi connectivity index (χ1) is 14.6. The molecule has 0 saturated heterocycles. The van der Waals surface area contributed by atoms with Gasteiger partial charge in [0.1, 0.15) is 0 Å². The zero-order chi connectivity index (χ0) is 20.7. The lowest BCUT2D eigenvalue weighted by atomic mass is 9.89. The maximum absolute atomic E-state index is 13.8. The molecule has 0 bridgehead atoms. The van der Waals surface area contributed by atoms with E-state index < -0.39 is 5.54 Å². The molecule has 0 unspecified atom stereocenters. The number of nitrogens with zero attached hydrogens (tertiary/aromatic N) is 2. The maximum atomic E-state index is 13.8. The van der Waals surface area contributed by atoms with Crippen molar-refractivity contribution in [3.05, 3.63) is 82.8 Å². The van der Waals surface area contributed by atoms with Crippen LogP contribution in [0.1, 0.15) is 51.5 Å².